The number of nitrogens with one attached hydrogen (secondary N) is 2. The average Bonchev–Trinajstić information content (AvgIpc) is 3.24. The topological polar surface area (TPSA) is 121 Å². The van der Waals surface area contributed by atoms with Crippen molar-refractivity contribution in [3.63, 3.8) is 0 Å². The fraction of sp³-hybridized carbons (Fsp3) is 0.630. The first-order valence-corrected chi connectivity index (χ1v) is 13.5. The van der Waals surface area contributed by atoms with Crippen LogP contribution in [0.4, 0.5) is 15.3 Å². The van der Waals surface area contributed by atoms with Gasteiger partial charge >= 0.3 is 12.2 Å². The van der Waals surface area contributed by atoms with Gasteiger partial charge in [-0.05, 0) is 60.1 Å². The van der Waals surface area contributed by atoms with E-state index < -0.39 is 41.4 Å². The molecule has 2 aliphatic heterocycles. The van der Waals surface area contributed by atoms with Gasteiger partial charge in [0, 0.05) is 38.8 Å². The predicted molar refractivity (Wildman–Crippen MR) is 148 cm³/mol. The molecule has 4 amide bonds. The molecule has 1 unspecified atom stereocenters. The smallest absolute Gasteiger partial charge is 0.411 e. The summed E-state index contributed by atoms with van der Waals surface area (Å²) in [6.45, 7) is 12.4. The first kappa shape index (κ1) is 30.3. The molecule has 0 aromatic heterocycles. The zero-order valence-electron chi connectivity index (χ0n) is 23.6. The van der Waals surface area contributed by atoms with Gasteiger partial charge in [0.15, 0.2) is 0 Å². The van der Waals surface area contributed by atoms with Crippen molar-refractivity contribution in [1.82, 2.24) is 20.4 Å². The molecule has 11 nitrogen and oxygen atoms in total. The van der Waals surface area contributed by atoms with E-state index in [9.17, 15) is 19.2 Å². The van der Waals surface area contributed by atoms with Crippen molar-refractivity contribution in [2.45, 2.75) is 71.2 Å². The number of piperazine rings is 1. The number of benzene rings is 1. The standard InChI is InChI=1S/C27H40ClN5O6/c1-26(2,3)38-24(36)29-16-22(34)30-18-15-21(33(17-18)25(37)39-27(4,5)6)23(35)32-13-11-31(12-14-32)20-10-8-7-9-19(20)28/h7-10,18,21H,11-17H2,1-6H3,(H,29,36)(H,30,34)/t18?,21-/m1/s1. The minimum atomic E-state index is -0.782. The molecule has 3 rings (SSSR count). The molecule has 0 bridgehead atoms. The van der Waals surface area contributed by atoms with Crippen LogP contribution in [0.15, 0.2) is 24.3 Å². The second kappa shape index (κ2) is 12.3. The summed E-state index contributed by atoms with van der Waals surface area (Å²) in [4.78, 5) is 56.3. The molecule has 216 valence electrons. The van der Waals surface area contributed by atoms with Crippen molar-refractivity contribution in [2.24, 2.45) is 0 Å². The Morgan fingerprint density at radius 2 is 1.56 bits per heavy atom. The number of nitrogens with zero attached hydrogens (tertiary/aromatic N) is 3. The highest BCUT2D eigenvalue weighted by Gasteiger charge is 2.44. The van der Waals surface area contributed by atoms with Crippen molar-refractivity contribution >= 4 is 41.3 Å². The van der Waals surface area contributed by atoms with E-state index in [2.05, 4.69) is 15.5 Å². The van der Waals surface area contributed by atoms with Crippen LogP contribution in [-0.4, -0.2) is 96.4 Å². The number of rotatable bonds is 5. The Morgan fingerprint density at radius 3 is 2.15 bits per heavy atom. The molecule has 39 heavy (non-hydrogen) atoms. The third-order valence-corrected chi connectivity index (χ3v) is 6.48. The number of carbonyl (C=O) groups excluding carboxylic acids is 4. The van der Waals surface area contributed by atoms with Gasteiger partial charge in [0.1, 0.15) is 23.8 Å². The average molecular weight is 566 g/mol. The van der Waals surface area contributed by atoms with Gasteiger partial charge in [-0.25, -0.2) is 9.59 Å². The summed E-state index contributed by atoms with van der Waals surface area (Å²) in [5, 5.41) is 5.89. The molecule has 2 saturated heterocycles. The number of halogens is 1. The normalized spacial score (nSPS) is 19.9. The lowest BCUT2D eigenvalue weighted by Gasteiger charge is -2.38. The summed E-state index contributed by atoms with van der Waals surface area (Å²) in [5.74, 6) is -0.639. The molecule has 2 heterocycles. The van der Waals surface area contributed by atoms with E-state index in [1.54, 1.807) is 46.4 Å². The molecule has 12 heteroatoms. The molecule has 2 N–H and O–H groups in total. The summed E-state index contributed by atoms with van der Waals surface area (Å²) in [7, 11) is 0. The first-order chi connectivity index (χ1) is 18.1. The summed E-state index contributed by atoms with van der Waals surface area (Å²) < 4.78 is 10.7. The van der Waals surface area contributed by atoms with Gasteiger partial charge in [-0.2, -0.15) is 0 Å². The van der Waals surface area contributed by atoms with Crippen LogP contribution in [0.1, 0.15) is 48.0 Å². The fourth-order valence-corrected chi connectivity index (χ4v) is 4.78. The van der Waals surface area contributed by atoms with Gasteiger partial charge in [-0.15, -0.1) is 0 Å². The van der Waals surface area contributed by atoms with Crippen LogP contribution < -0.4 is 15.5 Å². The van der Waals surface area contributed by atoms with Crippen LogP contribution in [0, 0.1) is 0 Å². The predicted octanol–water partition coefficient (Wildman–Crippen LogP) is 3.01. The van der Waals surface area contributed by atoms with Crippen molar-refractivity contribution in [3.05, 3.63) is 29.3 Å². The number of amides is 4. The zero-order chi connectivity index (χ0) is 29.0. The summed E-state index contributed by atoms with van der Waals surface area (Å²) in [6, 6.07) is 6.32. The maximum Gasteiger partial charge on any atom is 0.411 e. The Morgan fingerprint density at radius 1 is 0.949 bits per heavy atom. The minimum absolute atomic E-state index is 0.114. The second-order valence-corrected chi connectivity index (χ2v) is 12.2. The van der Waals surface area contributed by atoms with Crippen LogP contribution in [0.25, 0.3) is 0 Å². The Labute approximate surface area is 235 Å². The van der Waals surface area contributed by atoms with Crippen molar-refractivity contribution in [3.8, 4) is 0 Å². The van der Waals surface area contributed by atoms with Crippen molar-refractivity contribution < 1.29 is 28.7 Å². The van der Waals surface area contributed by atoms with E-state index in [1.165, 1.54) is 4.90 Å². The van der Waals surface area contributed by atoms with Crippen LogP contribution in [-0.2, 0) is 19.1 Å². The number of hydrogen-bond acceptors (Lipinski definition) is 7. The summed E-state index contributed by atoms with van der Waals surface area (Å²) >= 11 is 6.35. The zero-order valence-corrected chi connectivity index (χ0v) is 24.3. The van der Waals surface area contributed by atoms with E-state index in [0.29, 0.717) is 31.2 Å². The Kier molecular flexibility index (Phi) is 9.58. The highest BCUT2D eigenvalue weighted by molar-refractivity contribution is 6.33. The Balaban J connectivity index is 1.63. The monoisotopic (exact) mass is 565 g/mol. The lowest BCUT2D eigenvalue weighted by Crippen LogP contribution is -2.55. The maximum atomic E-state index is 13.6. The van der Waals surface area contributed by atoms with E-state index in [4.69, 9.17) is 21.1 Å². The molecule has 0 spiro atoms. The number of carbonyl (C=O) groups is 4. The van der Waals surface area contributed by atoms with Gasteiger partial charge in [0.2, 0.25) is 11.8 Å². The van der Waals surface area contributed by atoms with E-state index in [0.717, 1.165) is 5.69 Å². The van der Waals surface area contributed by atoms with Crippen molar-refractivity contribution in [2.75, 3.05) is 44.2 Å². The molecular formula is C27H40ClN5O6. The highest BCUT2D eigenvalue weighted by atomic mass is 35.5. The third kappa shape index (κ3) is 8.91. The van der Waals surface area contributed by atoms with Gasteiger partial charge in [-0.3, -0.25) is 14.5 Å². The third-order valence-electron chi connectivity index (χ3n) is 6.16. The Bertz CT molecular complexity index is 1060. The molecule has 2 aliphatic rings. The van der Waals surface area contributed by atoms with E-state index in [1.807, 2.05) is 24.3 Å². The molecule has 0 radical (unpaired) electrons. The maximum absolute atomic E-state index is 13.6. The largest absolute Gasteiger partial charge is 0.444 e. The number of hydrogen-bond donors (Lipinski definition) is 2. The van der Waals surface area contributed by atoms with Crippen LogP contribution in [0.5, 0.6) is 0 Å². The minimum Gasteiger partial charge on any atom is -0.444 e. The second-order valence-electron chi connectivity index (χ2n) is 11.8. The molecule has 2 fully saturated rings. The molecular weight excluding hydrogens is 526 g/mol. The SMILES string of the molecule is CC(C)(C)OC(=O)NCC(=O)NC1C[C@H](C(=O)N2CCN(c3ccccc3Cl)CC2)N(C(=O)OC(C)(C)C)C1. The number of anilines is 1. The molecule has 1 aromatic rings. The Hall–Kier alpha value is -3.21. The van der Waals surface area contributed by atoms with Crippen LogP contribution >= 0.6 is 11.6 Å². The lowest BCUT2D eigenvalue weighted by molar-refractivity contribution is -0.136. The number of para-hydroxylation sites is 1. The van der Waals surface area contributed by atoms with Gasteiger partial charge in [0.25, 0.3) is 0 Å². The van der Waals surface area contributed by atoms with Crippen molar-refractivity contribution in [1.29, 1.82) is 0 Å². The molecule has 1 aromatic carbocycles. The van der Waals surface area contributed by atoms with E-state index in [-0.39, 0.29) is 25.4 Å². The van der Waals surface area contributed by atoms with Gasteiger partial charge in [0.05, 0.1) is 10.7 Å². The molecule has 0 saturated carbocycles. The van der Waals surface area contributed by atoms with E-state index >= 15 is 0 Å². The van der Waals surface area contributed by atoms with Crippen LogP contribution in [0.3, 0.4) is 0 Å². The summed E-state index contributed by atoms with van der Waals surface area (Å²) in [5.41, 5.74) is -0.513. The summed E-state index contributed by atoms with van der Waals surface area (Å²) in [6.07, 6.45) is -1.08. The van der Waals surface area contributed by atoms with Gasteiger partial charge in [-0.1, -0.05) is 23.7 Å². The number of likely N-dealkylation sites (tertiary alicyclic amines) is 1. The van der Waals surface area contributed by atoms with Crippen LogP contribution in [0.2, 0.25) is 5.02 Å². The first-order valence-electron chi connectivity index (χ1n) is 13.2. The fourth-order valence-electron chi connectivity index (χ4n) is 4.53. The molecule has 0 aliphatic carbocycles. The quantitative estimate of drug-likeness (QED) is 0.563. The number of ether oxygens (including phenoxy) is 2. The highest BCUT2D eigenvalue weighted by Crippen LogP contribution is 2.28. The molecule has 2 atom stereocenters. The number of alkyl carbamates (subject to hydrolysis) is 1. The lowest BCUT2D eigenvalue weighted by atomic mass is 10.1. The van der Waals surface area contributed by atoms with Gasteiger partial charge < -0.3 is 29.9 Å².